The van der Waals surface area contributed by atoms with Crippen LogP contribution >= 0.6 is 0 Å². The van der Waals surface area contributed by atoms with Gasteiger partial charge in [-0.15, -0.1) is 5.10 Å². The van der Waals surface area contributed by atoms with Crippen molar-refractivity contribution in [3.8, 4) is 22.5 Å². The van der Waals surface area contributed by atoms with Crippen LogP contribution in [0.2, 0.25) is 0 Å². The fraction of sp³-hybridized carbons (Fsp3) is 0.423. The minimum Gasteiger partial charge on any atom is -0.330 e. The van der Waals surface area contributed by atoms with E-state index in [-0.39, 0.29) is 0 Å². The van der Waals surface area contributed by atoms with Crippen molar-refractivity contribution in [2.24, 2.45) is 11.7 Å². The van der Waals surface area contributed by atoms with Gasteiger partial charge in [-0.05, 0) is 65.3 Å². The maximum Gasteiger partial charge on any atom is 0.180 e. The normalized spacial score (nSPS) is 18.5. The van der Waals surface area contributed by atoms with Crippen LogP contribution in [0, 0.1) is 5.92 Å². The predicted molar refractivity (Wildman–Crippen MR) is 132 cm³/mol. The van der Waals surface area contributed by atoms with E-state index in [1.807, 2.05) is 18.2 Å². The molecule has 2 heterocycles. The molecule has 0 amide bonds. The first-order chi connectivity index (χ1) is 16.6. The summed E-state index contributed by atoms with van der Waals surface area (Å²) in [6, 6.07) is 16.8. The average molecular weight is 457 g/mol. The molecule has 0 spiro atoms. The van der Waals surface area contributed by atoms with Gasteiger partial charge in [0.15, 0.2) is 11.6 Å². The van der Waals surface area contributed by atoms with Crippen molar-refractivity contribution in [2.75, 3.05) is 6.54 Å². The molecule has 1 saturated carbocycles. The van der Waals surface area contributed by atoms with Gasteiger partial charge in [-0.25, -0.2) is 14.8 Å². The van der Waals surface area contributed by atoms with E-state index >= 15 is 0 Å². The Morgan fingerprint density at radius 3 is 2.38 bits per heavy atom. The third-order valence-corrected chi connectivity index (χ3v) is 6.90. The molecule has 8 heteroatoms. The minimum absolute atomic E-state index is 0.310. The largest absolute Gasteiger partial charge is 0.330 e. The summed E-state index contributed by atoms with van der Waals surface area (Å²) in [5.74, 6) is 4.15. The summed E-state index contributed by atoms with van der Waals surface area (Å²) in [5, 5.41) is 19.3. The number of nitrogens with one attached hydrogen (secondary N) is 1. The van der Waals surface area contributed by atoms with Crippen molar-refractivity contribution in [1.82, 2.24) is 35.4 Å². The van der Waals surface area contributed by atoms with Crippen LogP contribution in [0.1, 0.15) is 68.6 Å². The molecular weight excluding hydrogens is 424 g/mol. The molecule has 1 aliphatic rings. The number of aromatic nitrogens is 7. The highest BCUT2D eigenvalue weighted by Gasteiger charge is 2.26. The molecule has 0 bridgehead atoms. The minimum atomic E-state index is 0.310. The zero-order valence-electron chi connectivity index (χ0n) is 19.9. The molecule has 1 fully saturated rings. The van der Waals surface area contributed by atoms with Crippen LogP contribution in [0.25, 0.3) is 22.5 Å². The molecule has 2 aromatic carbocycles. The lowest BCUT2D eigenvalue weighted by atomic mass is 9.81. The van der Waals surface area contributed by atoms with Gasteiger partial charge in [0.1, 0.15) is 5.82 Å². The van der Waals surface area contributed by atoms with Crippen LogP contribution in [0.15, 0.2) is 48.5 Å². The number of nitrogens with two attached hydrogens (primary N) is 1. The van der Waals surface area contributed by atoms with Crippen LogP contribution in [0.3, 0.4) is 0 Å². The molecule has 3 N–H and O–H groups in total. The highest BCUT2D eigenvalue weighted by atomic mass is 15.5. The molecule has 0 aliphatic heterocycles. The number of H-pyrrole nitrogens is 1. The Morgan fingerprint density at radius 1 is 1.00 bits per heavy atom. The lowest BCUT2D eigenvalue weighted by molar-refractivity contribution is 0.319. The quantitative estimate of drug-likeness (QED) is 0.423. The second-order valence-corrected chi connectivity index (χ2v) is 9.59. The highest BCUT2D eigenvalue weighted by molar-refractivity contribution is 5.80. The zero-order valence-corrected chi connectivity index (χ0v) is 19.9. The molecule has 1 aliphatic carbocycles. The molecule has 4 aromatic rings. The fourth-order valence-electron chi connectivity index (χ4n) is 4.87. The predicted octanol–water partition coefficient (Wildman–Crippen LogP) is 4.53. The fourth-order valence-corrected chi connectivity index (χ4v) is 4.87. The first-order valence-electron chi connectivity index (χ1n) is 12.2. The molecule has 34 heavy (non-hydrogen) atoms. The monoisotopic (exact) mass is 456 g/mol. The third-order valence-electron chi connectivity index (χ3n) is 6.90. The average Bonchev–Trinajstić information content (AvgIpc) is 3.55. The van der Waals surface area contributed by atoms with Crippen LogP contribution in [-0.4, -0.2) is 41.9 Å². The van der Waals surface area contributed by atoms with Crippen molar-refractivity contribution in [3.05, 3.63) is 65.7 Å². The lowest BCUT2D eigenvalue weighted by Gasteiger charge is -2.27. The maximum atomic E-state index is 5.91. The van der Waals surface area contributed by atoms with Crippen molar-refractivity contribution < 1.29 is 0 Å². The molecule has 0 saturated heterocycles. The highest BCUT2D eigenvalue weighted by Crippen LogP contribution is 2.35. The smallest absolute Gasteiger partial charge is 0.180 e. The van der Waals surface area contributed by atoms with Gasteiger partial charge in [0.2, 0.25) is 0 Å². The van der Waals surface area contributed by atoms with Crippen LogP contribution in [-0.2, 0) is 6.54 Å². The summed E-state index contributed by atoms with van der Waals surface area (Å²) in [6.07, 6.45) is 4.65. The molecule has 8 nitrogen and oxygen atoms in total. The number of nitrogens with zero attached hydrogens (tertiary/aromatic N) is 6. The van der Waals surface area contributed by atoms with E-state index in [4.69, 9.17) is 15.8 Å². The summed E-state index contributed by atoms with van der Waals surface area (Å²) in [7, 11) is 0. The van der Waals surface area contributed by atoms with Crippen molar-refractivity contribution in [2.45, 2.75) is 57.9 Å². The Morgan fingerprint density at radius 2 is 1.74 bits per heavy atom. The second-order valence-electron chi connectivity index (χ2n) is 9.59. The molecule has 5 rings (SSSR count). The van der Waals surface area contributed by atoms with Crippen molar-refractivity contribution in [1.29, 1.82) is 0 Å². The van der Waals surface area contributed by atoms with Crippen LogP contribution in [0.4, 0.5) is 0 Å². The van der Waals surface area contributed by atoms with E-state index < -0.39 is 0 Å². The first kappa shape index (κ1) is 22.4. The van der Waals surface area contributed by atoms with E-state index in [0.717, 1.165) is 54.3 Å². The molecule has 2 aromatic heterocycles. The Hall–Kier alpha value is -3.39. The van der Waals surface area contributed by atoms with E-state index in [0.29, 0.717) is 23.6 Å². The number of aromatic amines is 1. The number of tetrazole rings is 1. The number of hydrogen-bond acceptors (Lipinski definition) is 6. The SMILES string of the molecule is CC(C)c1nc(C2CCC(CN)CC2)n(Cc2ccc(-c3ccccc3-c3nnn[nH]3)cc2)n1. The first-order valence-corrected chi connectivity index (χ1v) is 12.2. The van der Waals surface area contributed by atoms with E-state index in [1.54, 1.807) is 0 Å². The van der Waals surface area contributed by atoms with Gasteiger partial charge in [-0.2, -0.15) is 5.10 Å². The summed E-state index contributed by atoms with van der Waals surface area (Å²) in [6.45, 7) is 5.83. The van der Waals surface area contributed by atoms with Crippen molar-refractivity contribution in [3.63, 3.8) is 0 Å². The van der Waals surface area contributed by atoms with Crippen LogP contribution in [0.5, 0.6) is 0 Å². The molecule has 176 valence electrons. The van der Waals surface area contributed by atoms with Crippen LogP contribution < -0.4 is 5.73 Å². The molecule has 0 atom stereocenters. The second kappa shape index (κ2) is 9.85. The van der Waals surface area contributed by atoms with Gasteiger partial charge >= 0.3 is 0 Å². The van der Waals surface area contributed by atoms with Gasteiger partial charge in [0.25, 0.3) is 0 Å². The summed E-state index contributed by atoms with van der Waals surface area (Å²) in [5.41, 5.74) is 10.3. The Labute approximate surface area is 200 Å². The molecule has 0 unspecified atom stereocenters. The summed E-state index contributed by atoms with van der Waals surface area (Å²) < 4.78 is 2.13. The molecular formula is C26H32N8. The third kappa shape index (κ3) is 4.63. The number of rotatable bonds is 7. The van der Waals surface area contributed by atoms with E-state index in [2.05, 4.69) is 69.5 Å². The summed E-state index contributed by atoms with van der Waals surface area (Å²) in [4.78, 5) is 4.98. The zero-order chi connectivity index (χ0) is 23.5. The molecule has 0 radical (unpaired) electrons. The lowest BCUT2D eigenvalue weighted by Crippen LogP contribution is -2.22. The Kier molecular flexibility index (Phi) is 6.49. The standard InChI is InChI=1S/C26H32N8/c1-17(2)24-28-26(21-13-7-18(15-27)8-14-21)34(31-24)16-19-9-11-20(12-10-19)22-5-3-4-6-23(22)25-29-32-33-30-25/h3-6,9-12,17-18,21H,7-8,13-16,27H2,1-2H3,(H,29,30,32,33). The maximum absolute atomic E-state index is 5.91. The van der Waals surface area contributed by atoms with Gasteiger partial charge < -0.3 is 5.73 Å². The van der Waals surface area contributed by atoms with E-state index in [9.17, 15) is 0 Å². The number of benzene rings is 2. The number of hydrogen-bond donors (Lipinski definition) is 2. The van der Waals surface area contributed by atoms with Crippen molar-refractivity contribution >= 4 is 0 Å². The van der Waals surface area contributed by atoms with Gasteiger partial charge in [-0.3, -0.25) is 0 Å². The van der Waals surface area contributed by atoms with E-state index in [1.165, 1.54) is 18.4 Å². The van der Waals surface area contributed by atoms with Gasteiger partial charge in [0, 0.05) is 17.4 Å². The Bertz CT molecular complexity index is 1200. The van der Waals surface area contributed by atoms with Gasteiger partial charge in [0.05, 0.1) is 6.54 Å². The topological polar surface area (TPSA) is 111 Å². The van der Waals surface area contributed by atoms with Gasteiger partial charge in [-0.1, -0.05) is 62.4 Å². The summed E-state index contributed by atoms with van der Waals surface area (Å²) >= 11 is 0. The Balaban J connectivity index is 1.39.